The fourth-order valence-corrected chi connectivity index (χ4v) is 2.15. The Bertz CT molecular complexity index is 412. The first kappa shape index (κ1) is 14.0. The molecule has 92 valence electrons. The van der Waals surface area contributed by atoms with Gasteiger partial charge in [-0.25, -0.2) is 0 Å². The van der Waals surface area contributed by atoms with Gasteiger partial charge < -0.3 is 10.4 Å². The first-order valence-corrected chi connectivity index (χ1v) is 6.43. The van der Waals surface area contributed by atoms with E-state index in [9.17, 15) is 5.11 Å². The first-order valence-electron chi connectivity index (χ1n) is 5.63. The molecule has 1 aromatic carbocycles. The smallest absolute Gasteiger partial charge is 0.100 e. The van der Waals surface area contributed by atoms with E-state index in [1.54, 1.807) is 6.07 Å². The average molecular weight is 297 g/mol. The summed E-state index contributed by atoms with van der Waals surface area (Å²) in [6.07, 6.45) is 0.911. The molecule has 1 aromatic rings. The quantitative estimate of drug-likeness (QED) is 0.878. The van der Waals surface area contributed by atoms with E-state index in [1.807, 2.05) is 12.1 Å². The van der Waals surface area contributed by atoms with Crippen molar-refractivity contribution in [3.63, 3.8) is 0 Å². The molecule has 17 heavy (non-hydrogen) atoms. The number of benzene rings is 1. The number of halogens is 1. The molecule has 0 aliphatic rings. The highest BCUT2D eigenvalue weighted by Crippen LogP contribution is 2.22. The minimum absolute atomic E-state index is 0.0508. The molecule has 0 aliphatic carbocycles. The number of nitriles is 1. The van der Waals surface area contributed by atoms with E-state index in [0.29, 0.717) is 11.5 Å². The van der Waals surface area contributed by atoms with Crippen LogP contribution in [0.2, 0.25) is 0 Å². The summed E-state index contributed by atoms with van der Waals surface area (Å²) in [4.78, 5) is 0. The Balaban J connectivity index is 2.74. The summed E-state index contributed by atoms with van der Waals surface area (Å²) < 4.78 is 0.770. The maximum absolute atomic E-state index is 9.28. The molecule has 1 rings (SSSR count). The molecule has 1 atom stereocenters. The summed E-state index contributed by atoms with van der Waals surface area (Å²) in [5, 5.41) is 21.4. The third kappa shape index (κ3) is 4.37. The second kappa shape index (κ2) is 6.63. The highest BCUT2D eigenvalue weighted by molar-refractivity contribution is 9.10. The standard InChI is InChI=1S/C13H17BrN2O/c1-9(2)5-12(8-17)16-11-4-3-10(7-15)13(14)6-11/h3-4,6,9,12,16-17H,5,8H2,1-2H3. The van der Waals surface area contributed by atoms with Crippen molar-refractivity contribution in [2.24, 2.45) is 5.92 Å². The van der Waals surface area contributed by atoms with Crippen LogP contribution < -0.4 is 5.32 Å². The Morgan fingerprint density at radius 1 is 1.47 bits per heavy atom. The number of aliphatic hydroxyl groups excluding tert-OH is 1. The Morgan fingerprint density at radius 3 is 2.65 bits per heavy atom. The second-order valence-corrected chi connectivity index (χ2v) is 5.31. The zero-order chi connectivity index (χ0) is 12.8. The number of rotatable bonds is 5. The molecule has 0 saturated carbocycles. The Hall–Kier alpha value is -1.05. The molecule has 0 bridgehead atoms. The van der Waals surface area contributed by atoms with Gasteiger partial charge in [0.1, 0.15) is 6.07 Å². The largest absolute Gasteiger partial charge is 0.394 e. The Labute approximate surface area is 111 Å². The van der Waals surface area contributed by atoms with Crippen LogP contribution in [0, 0.1) is 17.2 Å². The van der Waals surface area contributed by atoms with E-state index in [1.165, 1.54) is 0 Å². The zero-order valence-electron chi connectivity index (χ0n) is 10.1. The molecule has 0 fully saturated rings. The summed E-state index contributed by atoms with van der Waals surface area (Å²) in [6, 6.07) is 7.62. The molecule has 0 spiro atoms. The van der Waals surface area contributed by atoms with Gasteiger partial charge in [-0.15, -0.1) is 0 Å². The summed E-state index contributed by atoms with van der Waals surface area (Å²) in [5.41, 5.74) is 1.52. The van der Waals surface area contributed by atoms with Gasteiger partial charge in [0.05, 0.1) is 12.2 Å². The van der Waals surface area contributed by atoms with E-state index in [0.717, 1.165) is 16.6 Å². The second-order valence-electron chi connectivity index (χ2n) is 4.46. The van der Waals surface area contributed by atoms with Crippen molar-refractivity contribution in [2.75, 3.05) is 11.9 Å². The third-order valence-corrected chi connectivity index (χ3v) is 3.09. The average Bonchev–Trinajstić information content (AvgIpc) is 2.27. The lowest BCUT2D eigenvalue weighted by Gasteiger charge is -2.19. The van der Waals surface area contributed by atoms with E-state index >= 15 is 0 Å². The Morgan fingerprint density at radius 2 is 2.18 bits per heavy atom. The summed E-state index contributed by atoms with van der Waals surface area (Å²) in [6.45, 7) is 4.36. The lowest BCUT2D eigenvalue weighted by Crippen LogP contribution is -2.25. The summed E-state index contributed by atoms with van der Waals surface area (Å²) >= 11 is 3.34. The van der Waals surface area contributed by atoms with Crippen LogP contribution in [0.5, 0.6) is 0 Å². The Kier molecular flexibility index (Phi) is 5.46. The molecule has 0 heterocycles. The van der Waals surface area contributed by atoms with Gasteiger partial charge in [0.2, 0.25) is 0 Å². The van der Waals surface area contributed by atoms with Crippen LogP contribution in [0.15, 0.2) is 22.7 Å². The molecular weight excluding hydrogens is 280 g/mol. The predicted octanol–water partition coefficient (Wildman–Crippen LogP) is 3.14. The van der Waals surface area contributed by atoms with Gasteiger partial charge in [-0.3, -0.25) is 0 Å². The number of anilines is 1. The van der Waals surface area contributed by atoms with Crippen molar-refractivity contribution in [1.29, 1.82) is 5.26 Å². The van der Waals surface area contributed by atoms with Crippen molar-refractivity contribution in [3.8, 4) is 6.07 Å². The molecular formula is C13H17BrN2O. The number of hydrogen-bond acceptors (Lipinski definition) is 3. The topological polar surface area (TPSA) is 56.0 Å². The SMILES string of the molecule is CC(C)CC(CO)Nc1ccc(C#N)c(Br)c1. The minimum Gasteiger partial charge on any atom is -0.394 e. The molecule has 0 aliphatic heterocycles. The molecule has 0 amide bonds. The fraction of sp³-hybridized carbons (Fsp3) is 0.462. The van der Waals surface area contributed by atoms with Crippen LogP contribution >= 0.6 is 15.9 Å². The summed E-state index contributed by atoms with van der Waals surface area (Å²) in [5.74, 6) is 0.529. The van der Waals surface area contributed by atoms with E-state index < -0.39 is 0 Å². The van der Waals surface area contributed by atoms with Crippen LogP contribution in [0.4, 0.5) is 5.69 Å². The van der Waals surface area contributed by atoms with E-state index in [4.69, 9.17) is 5.26 Å². The van der Waals surface area contributed by atoms with Crippen LogP contribution in [0.25, 0.3) is 0 Å². The monoisotopic (exact) mass is 296 g/mol. The van der Waals surface area contributed by atoms with Gasteiger partial charge in [-0.1, -0.05) is 13.8 Å². The van der Waals surface area contributed by atoms with Gasteiger partial charge >= 0.3 is 0 Å². The first-order chi connectivity index (χ1) is 8.06. The van der Waals surface area contributed by atoms with Gasteiger partial charge in [0.15, 0.2) is 0 Å². The maximum atomic E-state index is 9.28. The molecule has 3 nitrogen and oxygen atoms in total. The van der Waals surface area contributed by atoms with E-state index in [2.05, 4.69) is 41.2 Å². The van der Waals surface area contributed by atoms with Crippen molar-refractivity contribution in [2.45, 2.75) is 26.3 Å². The number of hydrogen-bond donors (Lipinski definition) is 2. The number of nitrogens with one attached hydrogen (secondary N) is 1. The van der Waals surface area contributed by atoms with Crippen molar-refractivity contribution < 1.29 is 5.11 Å². The predicted molar refractivity (Wildman–Crippen MR) is 72.8 cm³/mol. The zero-order valence-corrected chi connectivity index (χ0v) is 11.7. The van der Waals surface area contributed by atoms with Gasteiger partial charge in [-0.2, -0.15) is 5.26 Å². The van der Waals surface area contributed by atoms with Crippen LogP contribution in [0.1, 0.15) is 25.8 Å². The van der Waals surface area contributed by atoms with Crippen molar-refractivity contribution >= 4 is 21.6 Å². The molecule has 0 saturated heterocycles. The highest BCUT2D eigenvalue weighted by Gasteiger charge is 2.10. The van der Waals surface area contributed by atoms with Crippen molar-refractivity contribution in [1.82, 2.24) is 0 Å². The normalized spacial score (nSPS) is 12.2. The van der Waals surface area contributed by atoms with Gasteiger partial charge in [0.25, 0.3) is 0 Å². The van der Waals surface area contributed by atoms with Crippen LogP contribution in [0.3, 0.4) is 0 Å². The van der Waals surface area contributed by atoms with Crippen LogP contribution in [-0.2, 0) is 0 Å². The number of aliphatic hydroxyl groups is 1. The number of nitrogens with zero attached hydrogens (tertiary/aromatic N) is 1. The lowest BCUT2D eigenvalue weighted by atomic mass is 10.0. The lowest BCUT2D eigenvalue weighted by molar-refractivity contribution is 0.259. The fourth-order valence-electron chi connectivity index (χ4n) is 1.68. The maximum Gasteiger partial charge on any atom is 0.100 e. The van der Waals surface area contributed by atoms with E-state index in [-0.39, 0.29) is 12.6 Å². The summed E-state index contributed by atoms with van der Waals surface area (Å²) in [7, 11) is 0. The van der Waals surface area contributed by atoms with Crippen LogP contribution in [-0.4, -0.2) is 17.8 Å². The minimum atomic E-state index is 0.0508. The third-order valence-electron chi connectivity index (χ3n) is 2.44. The highest BCUT2D eigenvalue weighted by atomic mass is 79.9. The molecule has 1 unspecified atom stereocenters. The van der Waals surface area contributed by atoms with Gasteiger partial charge in [-0.05, 0) is 46.5 Å². The van der Waals surface area contributed by atoms with Gasteiger partial charge in [0, 0.05) is 16.2 Å². The van der Waals surface area contributed by atoms with Crippen molar-refractivity contribution in [3.05, 3.63) is 28.2 Å². The molecule has 0 radical (unpaired) electrons. The molecule has 2 N–H and O–H groups in total. The molecule has 4 heteroatoms. The molecule has 0 aromatic heterocycles.